The average molecular weight is 353 g/mol. The summed E-state index contributed by atoms with van der Waals surface area (Å²) in [6, 6.07) is 14.2. The van der Waals surface area contributed by atoms with Crippen LogP contribution in [0.3, 0.4) is 0 Å². The summed E-state index contributed by atoms with van der Waals surface area (Å²) in [5, 5.41) is 13.9. The molecule has 3 rings (SSSR count). The van der Waals surface area contributed by atoms with Crippen LogP contribution < -0.4 is 5.32 Å². The van der Waals surface area contributed by atoms with Crippen molar-refractivity contribution < 1.29 is 9.72 Å². The largest absolute Gasteiger partial charge is 0.322 e. The monoisotopic (exact) mass is 353 g/mol. The lowest BCUT2D eigenvalue weighted by molar-refractivity contribution is -0.383. The molecule has 1 aliphatic rings. The molecule has 0 saturated carbocycles. The number of para-hydroxylation sites is 2. The van der Waals surface area contributed by atoms with Crippen molar-refractivity contribution in [3.63, 3.8) is 0 Å². The number of anilines is 1. The van der Waals surface area contributed by atoms with E-state index < -0.39 is 4.92 Å². The molecule has 1 N–H and O–H groups in total. The van der Waals surface area contributed by atoms with Crippen molar-refractivity contribution in [1.82, 2.24) is 4.90 Å². The van der Waals surface area contributed by atoms with Crippen molar-refractivity contribution in [2.75, 3.05) is 11.9 Å². The van der Waals surface area contributed by atoms with Crippen molar-refractivity contribution in [3.05, 3.63) is 69.8 Å². The Balaban J connectivity index is 1.85. The number of likely N-dealkylation sites (tertiary alicyclic amines) is 1. The summed E-state index contributed by atoms with van der Waals surface area (Å²) >= 11 is 0. The van der Waals surface area contributed by atoms with Crippen molar-refractivity contribution >= 4 is 17.4 Å². The topological polar surface area (TPSA) is 75.5 Å². The van der Waals surface area contributed by atoms with E-state index in [1.807, 2.05) is 11.8 Å². The van der Waals surface area contributed by atoms with Crippen LogP contribution in [0.4, 0.5) is 16.2 Å². The molecular formula is C20H23N3O3. The summed E-state index contributed by atoms with van der Waals surface area (Å²) in [6.45, 7) is 2.68. The maximum absolute atomic E-state index is 12.9. The van der Waals surface area contributed by atoms with Gasteiger partial charge in [-0.25, -0.2) is 4.79 Å². The second-order valence-electron chi connectivity index (χ2n) is 6.67. The summed E-state index contributed by atoms with van der Waals surface area (Å²) < 4.78 is 0. The van der Waals surface area contributed by atoms with Crippen molar-refractivity contribution in [2.24, 2.45) is 0 Å². The highest BCUT2D eigenvalue weighted by Gasteiger charge is 2.28. The number of amides is 2. The van der Waals surface area contributed by atoms with Crippen LogP contribution in [-0.4, -0.2) is 22.4 Å². The van der Waals surface area contributed by atoms with E-state index in [0.717, 1.165) is 31.2 Å². The van der Waals surface area contributed by atoms with E-state index >= 15 is 0 Å². The van der Waals surface area contributed by atoms with Crippen molar-refractivity contribution in [2.45, 2.75) is 38.6 Å². The maximum atomic E-state index is 12.9. The Hall–Kier alpha value is -2.89. The number of carbonyl (C=O) groups excluding carboxylic acids is 1. The predicted molar refractivity (Wildman–Crippen MR) is 101 cm³/mol. The third kappa shape index (κ3) is 4.02. The van der Waals surface area contributed by atoms with Gasteiger partial charge in [0.1, 0.15) is 5.69 Å². The highest BCUT2D eigenvalue weighted by atomic mass is 16.6. The molecule has 2 aromatic carbocycles. The maximum Gasteiger partial charge on any atom is 0.322 e. The van der Waals surface area contributed by atoms with Gasteiger partial charge in [0, 0.05) is 12.6 Å². The molecule has 0 unspecified atom stereocenters. The molecule has 0 bridgehead atoms. The molecule has 1 saturated heterocycles. The van der Waals surface area contributed by atoms with E-state index in [4.69, 9.17) is 0 Å². The number of urea groups is 1. The van der Waals surface area contributed by atoms with Gasteiger partial charge in [0.15, 0.2) is 0 Å². The fourth-order valence-corrected chi connectivity index (χ4v) is 3.41. The van der Waals surface area contributed by atoms with Crippen molar-refractivity contribution in [1.29, 1.82) is 0 Å². The quantitative estimate of drug-likeness (QED) is 0.619. The summed E-state index contributed by atoms with van der Waals surface area (Å²) in [5.74, 6) is 0. The molecule has 136 valence electrons. The van der Waals surface area contributed by atoms with Crippen LogP contribution in [0.15, 0.2) is 48.5 Å². The highest BCUT2D eigenvalue weighted by Crippen LogP contribution is 2.32. The Morgan fingerprint density at radius 2 is 1.85 bits per heavy atom. The fourth-order valence-electron chi connectivity index (χ4n) is 3.41. The third-order valence-corrected chi connectivity index (χ3v) is 4.82. The summed E-state index contributed by atoms with van der Waals surface area (Å²) in [5.41, 5.74) is 2.42. The number of hydrogen-bond donors (Lipinski definition) is 1. The van der Waals surface area contributed by atoms with Crippen LogP contribution in [-0.2, 0) is 0 Å². The molecule has 0 aromatic heterocycles. The fraction of sp³-hybridized carbons (Fsp3) is 0.350. The van der Waals surface area contributed by atoms with Crippen LogP contribution >= 0.6 is 0 Å². The zero-order chi connectivity index (χ0) is 18.5. The van der Waals surface area contributed by atoms with Crippen molar-refractivity contribution in [3.8, 4) is 0 Å². The minimum atomic E-state index is -0.477. The second kappa shape index (κ2) is 7.99. The minimum absolute atomic E-state index is 0.0131. The predicted octanol–water partition coefficient (Wildman–Crippen LogP) is 5.05. The third-order valence-electron chi connectivity index (χ3n) is 4.82. The Kier molecular flexibility index (Phi) is 5.51. The number of aryl methyl sites for hydroxylation is 1. The van der Waals surface area contributed by atoms with Crippen LogP contribution in [0, 0.1) is 17.0 Å². The zero-order valence-electron chi connectivity index (χ0n) is 14.9. The van der Waals surface area contributed by atoms with E-state index in [9.17, 15) is 14.9 Å². The van der Waals surface area contributed by atoms with Gasteiger partial charge < -0.3 is 10.2 Å². The first-order valence-electron chi connectivity index (χ1n) is 8.94. The van der Waals surface area contributed by atoms with E-state index in [1.165, 1.54) is 11.6 Å². The molecule has 1 fully saturated rings. The van der Waals surface area contributed by atoms with Crippen LogP contribution in [0.1, 0.15) is 42.9 Å². The number of nitro benzene ring substituents is 1. The van der Waals surface area contributed by atoms with Gasteiger partial charge in [-0.2, -0.15) is 0 Å². The lowest BCUT2D eigenvalue weighted by Gasteiger charge is -2.30. The molecule has 0 radical (unpaired) electrons. The summed E-state index contributed by atoms with van der Waals surface area (Å²) in [7, 11) is 0. The number of hydrogen-bond acceptors (Lipinski definition) is 3. The molecule has 1 heterocycles. The SMILES string of the molecule is Cc1ccc([C@@H]2CCCCCN2C(=O)Nc2ccccc2[N+](=O)[O-])cc1. The van der Waals surface area contributed by atoms with Gasteiger partial charge >= 0.3 is 6.03 Å². The molecule has 0 aliphatic carbocycles. The van der Waals surface area contributed by atoms with Gasteiger partial charge in [0.2, 0.25) is 0 Å². The Labute approximate surface area is 153 Å². The number of rotatable bonds is 3. The van der Waals surface area contributed by atoms with Gasteiger partial charge in [-0.3, -0.25) is 10.1 Å². The number of carbonyl (C=O) groups is 1. The molecule has 6 heteroatoms. The molecule has 1 atom stereocenters. The first-order valence-corrected chi connectivity index (χ1v) is 8.94. The molecule has 26 heavy (non-hydrogen) atoms. The Morgan fingerprint density at radius 1 is 1.12 bits per heavy atom. The van der Waals surface area contributed by atoms with E-state index in [2.05, 4.69) is 29.6 Å². The first kappa shape index (κ1) is 17.9. The molecule has 6 nitrogen and oxygen atoms in total. The second-order valence-corrected chi connectivity index (χ2v) is 6.67. The first-order chi connectivity index (χ1) is 12.6. The zero-order valence-corrected chi connectivity index (χ0v) is 14.9. The lowest BCUT2D eigenvalue weighted by atomic mass is 10.00. The molecule has 0 spiro atoms. The van der Waals surface area contributed by atoms with Gasteiger partial charge in [-0.1, -0.05) is 54.8 Å². The van der Waals surface area contributed by atoms with Crippen LogP contribution in [0.2, 0.25) is 0 Å². The van der Waals surface area contributed by atoms with Crippen LogP contribution in [0.25, 0.3) is 0 Å². The number of nitro groups is 1. The summed E-state index contributed by atoms with van der Waals surface area (Å²) in [4.78, 5) is 25.5. The molecule has 2 amide bonds. The smallest absolute Gasteiger partial charge is 0.317 e. The van der Waals surface area contributed by atoms with Gasteiger partial charge in [0.25, 0.3) is 5.69 Å². The standard InChI is InChI=1S/C20H23N3O3/c1-15-10-12-16(13-11-15)18-8-3-2-6-14-22(18)20(24)21-17-7-4-5-9-19(17)23(25)26/h4-5,7,9-13,18H,2-3,6,8,14H2,1H3,(H,21,24)/t18-/m0/s1. The Bertz CT molecular complexity index is 789. The van der Waals surface area contributed by atoms with E-state index in [0.29, 0.717) is 6.54 Å². The van der Waals surface area contributed by atoms with Gasteiger partial charge in [0.05, 0.1) is 11.0 Å². The number of nitrogens with zero attached hydrogens (tertiary/aromatic N) is 2. The van der Waals surface area contributed by atoms with Gasteiger partial charge in [-0.05, 0) is 31.4 Å². The lowest BCUT2D eigenvalue weighted by Crippen LogP contribution is -2.38. The number of nitrogens with one attached hydrogen (secondary N) is 1. The molecule has 2 aromatic rings. The number of benzene rings is 2. The minimum Gasteiger partial charge on any atom is -0.317 e. The average Bonchev–Trinajstić information content (AvgIpc) is 2.89. The molecular weight excluding hydrogens is 330 g/mol. The molecule has 1 aliphatic heterocycles. The normalized spacial score (nSPS) is 17.4. The van der Waals surface area contributed by atoms with Crippen LogP contribution in [0.5, 0.6) is 0 Å². The summed E-state index contributed by atoms with van der Waals surface area (Å²) in [6.07, 6.45) is 3.98. The highest BCUT2D eigenvalue weighted by molar-refractivity contribution is 5.92. The van der Waals surface area contributed by atoms with E-state index in [1.54, 1.807) is 18.2 Å². The Morgan fingerprint density at radius 3 is 2.58 bits per heavy atom. The van der Waals surface area contributed by atoms with E-state index in [-0.39, 0.29) is 23.4 Å². The van der Waals surface area contributed by atoms with Gasteiger partial charge in [-0.15, -0.1) is 0 Å².